The number of H-pyrrole nitrogens is 1. The van der Waals surface area contributed by atoms with Gasteiger partial charge >= 0.3 is 0 Å². The first-order valence-corrected chi connectivity index (χ1v) is 8.48. The van der Waals surface area contributed by atoms with E-state index in [1.165, 1.54) is 11.4 Å². The van der Waals surface area contributed by atoms with Crippen LogP contribution in [0.3, 0.4) is 0 Å². The summed E-state index contributed by atoms with van der Waals surface area (Å²) in [5.74, 6) is -1.92. The maximum Gasteiger partial charge on any atom is 0.205 e. The third kappa shape index (κ3) is 2.74. The van der Waals surface area contributed by atoms with Crippen molar-refractivity contribution in [1.29, 1.82) is 0 Å². The molecule has 0 aliphatic carbocycles. The molecule has 2 aromatic heterocycles. The normalized spacial score (nSPS) is 11.7. The van der Waals surface area contributed by atoms with Crippen LogP contribution in [0.15, 0.2) is 34.8 Å². The van der Waals surface area contributed by atoms with Crippen LogP contribution in [-0.2, 0) is 15.6 Å². The number of benzene rings is 1. The number of thiazole rings is 1. The van der Waals surface area contributed by atoms with E-state index in [9.17, 15) is 17.2 Å². The van der Waals surface area contributed by atoms with Crippen LogP contribution in [0, 0.1) is 11.6 Å². The van der Waals surface area contributed by atoms with Crippen molar-refractivity contribution in [1.82, 2.24) is 20.4 Å². The molecule has 114 valence electrons. The SMILES string of the molecule is O=S(=O)(Cc1nc(-c2c(F)cccc2F)cs1)c1cn[nH]n1. The lowest BCUT2D eigenvalue weighted by Crippen LogP contribution is -2.05. The van der Waals surface area contributed by atoms with Crippen LogP contribution >= 0.6 is 11.3 Å². The van der Waals surface area contributed by atoms with Gasteiger partial charge in [0.15, 0.2) is 5.03 Å². The summed E-state index contributed by atoms with van der Waals surface area (Å²) in [6, 6.07) is 3.48. The first-order chi connectivity index (χ1) is 10.5. The fourth-order valence-electron chi connectivity index (χ4n) is 1.81. The highest BCUT2D eigenvalue weighted by atomic mass is 32.2. The molecule has 0 unspecified atom stereocenters. The van der Waals surface area contributed by atoms with E-state index in [0.29, 0.717) is 0 Å². The molecule has 2 heterocycles. The third-order valence-corrected chi connectivity index (χ3v) is 5.31. The van der Waals surface area contributed by atoms with Crippen LogP contribution in [0.2, 0.25) is 0 Å². The third-order valence-electron chi connectivity index (χ3n) is 2.80. The van der Waals surface area contributed by atoms with Gasteiger partial charge in [-0.25, -0.2) is 22.2 Å². The highest BCUT2D eigenvalue weighted by Crippen LogP contribution is 2.28. The molecule has 0 amide bonds. The van der Waals surface area contributed by atoms with Crippen molar-refractivity contribution in [2.45, 2.75) is 10.8 Å². The summed E-state index contributed by atoms with van der Waals surface area (Å²) in [4.78, 5) is 4.00. The van der Waals surface area contributed by atoms with Gasteiger partial charge in [-0.1, -0.05) is 6.07 Å². The minimum Gasteiger partial charge on any atom is -0.240 e. The second-order valence-corrected chi connectivity index (χ2v) is 7.17. The van der Waals surface area contributed by atoms with Gasteiger partial charge in [-0.15, -0.1) is 16.4 Å². The van der Waals surface area contributed by atoms with Crippen molar-refractivity contribution in [2.24, 2.45) is 0 Å². The zero-order valence-corrected chi connectivity index (χ0v) is 12.5. The van der Waals surface area contributed by atoms with Gasteiger partial charge in [0.05, 0.1) is 17.5 Å². The minimum atomic E-state index is -3.70. The Morgan fingerprint density at radius 3 is 2.59 bits per heavy atom. The summed E-state index contributed by atoms with van der Waals surface area (Å²) in [6.45, 7) is 0. The first-order valence-electron chi connectivity index (χ1n) is 5.95. The standard InChI is InChI=1S/C12H8F2N4O2S2/c13-7-2-1-3-8(14)12(7)9-5-21-10(16-9)6-22(19,20)11-4-15-18-17-11/h1-5H,6H2,(H,15,17,18). The van der Waals surface area contributed by atoms with Crippen LogP contribution in [0.4, 0.5) is 8.78 Å². The number of aromatic nitrogens is 4. The molecule has 6 nitrogen and oxygen atoms in total. The Hall–Kier alpha value is -2.20. The van der Waals surface area contributed by atoms with E-state index in [0.717, 1.165) is 29.7 Å². The van der Waals surface area contributed by atoms with Crippen molar-refractivity contribution in [3.63, 3.8) is 0 Å². The quantitative estimate of drug-likeness (QED) is 0.785. The van der Waals surface area contributed by atoms with E-state index in [1.54, 1.807) is 0 Å². The fraction of sp³-hybridized carbons (Fsp3) is 0.0833. The molecule has 10 heteroatoms. The topological polar surface area (TPSA) is 88.6 Å². The summed E-state index contributed by atoms with van der Waals surface area (Å²) < 4.78 is 51.5. The zero-order chi connectivity index (χ0) is 15.7. The van der Waals surface area contributed by atoms with Crippen molar-refractivity contribution >= 4 is 21.2 Å². The number of hydrogen-bond acceptors (Lipinski definition) is 6. The molecule has 0 saturated carbocycles. The Balaban J connectivity index is 1.92. The number of nitrogens with one attached hydrogen (secondary N) is 1. The van der Waals surface area contributed by atoms with Gasteiger partial charge in [-0.05, 0) is 12.1 Å². The van der Waals surface area contributed by atoms with Gasteiger partial charge in [0.25, 0.3) is 0 Å². The van der Waals surface area contributed by atoms with Crippen molar-refractivity contribution in [3.8, 4) is 11.3 Å². The lowest BCUT2D eigenvalue weighted by atomic mass is 10.1. The molecule has 0 saturated heterocycles. The van der Waals surface area contributed by atoms with E-state index in [-0.39, 0.29) is 21.3 Å². The predicted molar refractivity (Wildman–Crippen MR) is 74.7 cm³/mol. The van der Waals surface area contributed by atoms with Crippen LogP contribution < -0.4 is 0 Å². The van der Waals surface area contributed by atoms with Gasteiger partial charge in [-0.2, -0.15) is 10.3 Å². The average molecular weight is 342 g/mol. The van der Waals surface area contributed by atoms with E-state index in [4.69, 9.17) is 0 Å². The highest BCUT2D eigenvalue weighted by molar-refractivity contribution is 7.90. The largest absolute Gasteiger partial charge is 0.240 e. The molecule has 3 aromatic rings. The van der Waals surface area contributed by atoms with Gasteiger partial charge < -0.3 is 0 Å². The smallest absolute Gasteiger partial charge is 0.205 e. The number of sulfone groups is 1. The van der Waals surface area contributed by atoms with E-state index >= 15 is 0 Å². The summed E-state index contributed by atoms with van der Waals surface area (Å²) >= 11 is 1.00. The van der Waals surface area contributed by atoms with Crippen molar-refractivity contribution in [3.05, 3.63) is 46.4 Å². The Bertz CT molecular complexity index is 887. The molecular formula is C12H8F2N4O2S2. The maximum absolute atomic E-state index is 13.7. The Kier molecular flexibility index (Phi) is 3.71. The van der Waals surface area contributed by atoms with E-state index < -0.39 is 27.2 Å². The van der Waals surface area contributed by atoms with E-state index in [2.05, 4.69) is 20.4 Å². The molecule has 0 bridgehead atoms. The minimum absolute atomic E-state index is 0.0611. The molecular weight excluding hydrogens is 334 g/mol. The Labute approximate surface area is 127 Å². The van der Waals surface area contributed by atoms with E-state index in [1.807, 2.05) is 0 Å². The number of halogens is 2. The van der Waals surface area contributed by atoms with Gasteiger partial charge in [0.1, 0.15) is 22.4 Å². The maximum atomic E-state index is 13.7. The second-order valence-electron chi connectivity index (χ2n) is 4.29. The lowest BCUT2D eigenvalue weighted by molar-refractivity contribution is 0.589. The molecule has 0 aliphatic heterocycles. The summed E-state index contributed by atoms with van der Waals surface area (Å²) in [7, 11) is -3.70. The van der Waals surface area contributed by atoms with Crippen molar-refractivity contribution < 1.29 is 17.2 Å². The molecule has 22 heavy (non-hydrogen) atoms. The fourth-order valence-corrected chi connectivity index (χ4v) is 4.05. The summed E-state index contributed by atoms with van der Waals surface area (Å²) in [6.07, 6.45) is 1.08. The zero-order valence-electron chi connectivity index (χ0n) is 10.8. The summed E-state index contributed by atoms with van der Waals surface area (Å²) in [5.41, 5.74) is -0.213. The lowest BCUT2D eigenvalue weighted by Gasteiger charge is -2.00. The molecule has 3 rings (SSSR count). The molecule has 0 aliphatic rings. The molecule has 0 spiro atoms. The number of nitrogens with zero attached hydrogens (tertiary/aromatic N) is 3. The number of rotatable bonds is 4. The van der Waals surface area contributed by atoms with Gasteiger partial charge in [-0.3, -0.25) is 0 Å². The Morgan fingerprint density at radius 2 is 1.95 bits per heavy atom. The molecule has 1 N–H and O–H groups in total. The number of aromatic amines is 1. The second kappa shape index (κ2) is 5.54. The highest BCUT2D eigenvalue weighted by Gasteiger charge is 2.21. The van der Waals surface area contributed by atoms with Crippen molar-refractivity contribution in [2.75, 3.05) is 0 Å². The van der Waals surface area contributed by atoms with Gasteiger partial charge in [0.2, 0.25) is 9.84 Å². The number of hydrogen-bond donors (Lipinski definition) is 1. The molecule has 0 atom stereocenters. The van der Waals surface area contributed by atoms with Crippen LogP contribution in [0.25, 0.3) is 11.3 Å². The van der Waals surface area contributed by atoms with Crippen LogP contribution in [0.5, 0.6) is 0 Å². The predicted octanol–water partition coefficient (Wildman–Crippen LogP) is 2.18. The Morgan fingerprint density at radius 1 is 1.23 bits per heavy atom. The molecule has 0 fully saturated rings. The first kappa shape index (κ1) is 14.7. The summed E-state index contributed by atoms with van der Waals surface area (Å²) in [5, 5.41) is 10.6. The molecule has 1 aromatic carbocycles. The van der Waals surface area contributed by atoms with Gasteiger partial charge in [0, 0.05) is 5.38 Å². The monoisotopic (exact) mass is 342 g/mol. The molecule has 0 radical (unpaired) electrons. The van der Waals surface area contributed by atoms with Crippen LogP contribution in [0.1, 0.15) is 5.01 Å². The van der Waals surface area contributed by atoms with Crippen LogP contribution in [-0.4, -0.2) is 28.8 Å². The average Bonchev–Trinajstić information content (AvgIpc) is 3.10.